The molecule has 0 spiro atoms. The van der Waals surface area contributed by atoms with E-state index in [2.05, 4.69) is 17.6 Å². The lowest BCUT2D eigenvalue weighted by atomic mass is 10.2. The number of nitrogens with two attached hydrogens (primary N) is 1. The van der Waals surface area contributed by atoms with Crippen LogP contribution in [0.4, 0.5) is 0 Å². The maximum atomic E-state index is 10.5. The average Bonchev–Trinajstić information content (AvgIpc) is 2.57. The van der Waals surface area contributed by atoms with Crippen molar-refractivity contribution in [3.63, 3.8) is 0 Å². The molecular formula is C11H19N3O. The molecule has 4 nitrogen and oxygen atoms in total. The number of carbonyl (C=O) groups is 1. The van der Waals surface area contributed by atoms with Gasteiger partial charge >= 0.3 is 0 Å². The van der Waals surface area contributed by atoms with Crippen molar-refractivity contribution in [1.29, 1.82) is 0 Å². The molecule has 0 aliphatic heterocycles. The fraction of sp³-hybridized carbons (Fsp3) is 0.545. The fourth-order valence-electron chi connectivity index (χ4n) is 1.45. The van der Waals surface area contributed by atoms with E-state index in [4.69, 9.17) is 5.73 Å². The van der Waals surface area contributed by atoms with Crippen molar-refractivity contribution >= 4 is 5.91 Å². The zero-order valence-corrected chi connectivity index (χ0v) is 9.20. The summed E-state index contributed by atoms with van der Waals surface area (Å²) in [6.07, 6.45) is 6.49. The number of rotatable bonds is 7. The maximum absolute atomic E-state index is 10.5. The number of aromatic nitrogens is 1. The summed E-state index contributed by atoms with van der Waals surface area (Å²) in [5.41, 5.74) is 6.32. The maximum Gasteiger partial charge on any atom is 0.217 e. The lowest BCUT2D eigenvalue weighted by Gasteiger charge is -2.02. The van der Waals surface area contributed by atoms with Crippen molar-refractivity contribution in [2.45, 2.75) is 25.8 Å². The van der Waals surface area contributed by atoms with E-state index >= 15 is 0 Å². The Hall–Kier alpha value is -1.29. The third-order valence-electron chi connectivity index (χ3n) is 2.25. The monoisotopic (exact) mass is 209 g/mol. The first-order valence-electron chi connectivity index (χ1n) is 5.28. The average molecular weight is 209 g/mol. The molecule has 0 saturated carbocycles. The number of unbranched alkanes of at least 4 members (excludes halogenated alkanes) is 1. The predicted octanol–water partition coefficient (Wildman–Crippen LogP) is 0.770. The van der Waals surface area contributed by atoms with Crippen molar-refractivity contribution in [3.8, 4) is 0 Å². The van der Waals surface area contributed by atoms with Crippen LogP contribution in [-0.2, 0) is 18.4 Å². The normalized spacial score (nSPS) is 10.5. The predicted molar refractivity (Wildman–Crippen MR) is 60.2 cm³/mol. The summed E-state index contributed by atoms with van der Waals surface area (Å²) in [5, 5.41) is 3.32. The lowest BCUT2D eigenvalue weighted by Crippen LogP contribution is -2.15. The summed E-state index contributed by atoms with van der Waals surface area (Å²) in [4.78, 5) is 10.5. The molecule has 1 aromatic heterocycles. The molecule has 0 aliphatic carbocycles. The molecule has 1 heterocycles. The molecule has 0 unspecified atom stereocenters. The van der Waals surface area contributed by atoms with E-state index in [9.17, 15) is 4.79 Å². The molecule has 84 valence electrons. The van der Waals surface area contributed by atoms with Gasteiger partial charge in [-0.15, -0.1) is 0 Å². The van der Waals surface area contributed by atoms with Gasteiger partial charge in [0.1, 0.15) is 0 Å². The van der Waals surface area contributed by atoms with Gasteiger partial charge in [0.25, 0.3) is 0 Å². The van der Waals surface area contributed by atoms with Crippen LogP contribution in [0.2, 0.25) is 0 Å². The SMILES string of the molecule is Cn1ccc(CNCCCCC(N)=O)c1. The Labute approximate surface area is 90.5 Å². The number of primary amides is 1. The van der Waals surface area contributed by atoms with Crippen LogP contribution in [0.25, 0.3) is 0 Å². The smallest absolute Gasteiger partial charge is 0.217 e. The first kappa shape index (κ1) is 11.8. The second kappa shape index (κ2) is 6.24. The molecule has 0 bridgehead atoms. The highest BCUT2D eigenvalue weighted by atomic mass is 16.1. The molecule has 0 aromatic carbocycles. The summed E-state index contributed by atoms with van der Waals surface area (Å²) in [7, 11) is 2.01. The largest absolute Gasteiger partial charge is 0.370 e. The molecule has 15 heavy (non-hydrogen) atoms. The van der Waals surface area contributed by atoms with Gasteiger partial charge in [-0.3, -0.25) is 4.79 Å². The van der Waals surface area contributed by atoms with Crippen LogP contribution in [-0.4, -0.2) is 17.0 Å². The number of nitrogens with zero attached hydrogens (tertiary/aromatic N) is 1. The Bertz CT molecular complexity index is 307. The van der Waals surface area contributed by atoms with E-state index in [-0.39, 0.29) is 5.91 Å². The Morgan fingerprint density at radius 3 is 2.93 bits per heavy atom. The molecule has 3 N–H and O–H groups in total. The Balaban J connectivity index is 2.00. The minimum Gasteiger partial charge on any atom is -0.370 e. The molecule has 0 radical (unpaired) electrons. The van der Waals surface area contributed by atoms with Crippen LogP contribution >= 0.6 is 0 Å². The van der Waals surface area contributed by atoms with E-state index in [1.54, 1.807) is 0 Å². The molecule has 0 atom stereocenters. The fourth-order valence-corrected chi connectivity index (χ4v) is 1.45. The summed E-state index contributed by atoms with van der Waals surface area (Å²) in [5.74, 6) is -0.210. The number of hydrogen-bond acceptors (Lipinski definition) is 2. The summed E-state index contributed by atoms with van der Waals surface area (Å²) >= 11 is 0. The van der Waals surface area contributed by atoms with E-state index in [0.29, 0.717) is 6.42 Å². The molecule has 0 saturated heterocycles. The Morgan fingerprint density at radius 2 is 2.33 bits per heavy atom. The van der Waals surface area contributed by atoms with Gasteiger partial charge in [-0.2, -0.15) is 0 Å². The minimum atomic E-state index is -0.210. The van der Waals surface area contributed by atoms with Gasteiger partial charge in [0, 0.05) is 32.4 Å². The van der Waals surface area contributed by atoms with E-state index in [1.165, 1.54) is 5.56 Å². The van der Waals surface area contributed by atoms with Gasteiger partial charge in [-0.05, 0) is 31.0 Å². The lowest BCUT2D eigenvalue weighted by molar-refractivity contribution is -0.118. The Kier molecular flexibility index (Phi) is 4.90. The molecule has 0 aliphatic rings. The zero-order chi connectivity index (χ0) is 11.1. The van der Waals surface area contributed by atoms with Gasteiger partial charge in [-0.25, -0.2) is 0 Å². The minimum absolute atomic E-state index is 0.210. The molecule has 1 rings (SSSR count). The van der Waals surface area contributed by atoms with Crippen LogP contribution in [0.15, 0.2) is 18.5 Å². The molecule has 1 amide bonds. The van der Waals surface area contributed by atoms with E-state index in [0.717, 1.165) is 25.9 Å². The highest BCUT2D eigenvalue weighted by Gasteiger charge is 1.95. The van der Waals surface area contributed by atoms with Gasteiger partial charge < -0.3 is 15.6 Å². The van der Waals surface area contributed by atoms with Crippen molar-refractivity contribution < 1.29 is 4.79 Å². The van der Waals surface area contributed by atoms with E-state index in [1.807, 2.05) is 17.8 Å². The number of carbonyl (C=O) groups excluding carboxylic acids is 1. The number of amides is 1. The van der Waals surface area contributed by atoms with Crippen LogP contribution < -0.4 is 11.1 Å². The number of hydrogen-bond donors (Lipinski definition) is 2. The van der Waals surface area contributed by atoms with Gasteiger partial charge in [0.15, 0.2) is 0 Å². The summed E-state index contributed by atoms with van der Waals surface area (Å²) in [6.45, 7) is 1.82. The van der Waals surface area contributed by atoms with Crippen LogP contribution in [0, 0.1) is 0 Å². The van der Waals surface area contributed by atoms with Crippen LogP contribution in [0.3, 0.4) is 0 Å². The number of aryl methyl sites for hydroxylation is 1. The quantitative estimate of drug-likeness (QED) is 0.652. The van der Waals surface area contributed by atoms with Crippen molar-refractivity contribution in [3.05, 3.63) is 24.0 Å². The third kappa shape index (κ3) is 5.22. The number of nitrogens with one attached hydrogen (secondary N) is 1. The Morgan fingerprint density at radius 1 is 1.53 bits per heavy atom. The zero-order valence-electron chi connectivity index (χ0n) is 9.20. The molecule has 0 fully saturated rings. The van der Waals surface area contributed by atoms with Crippen LogP contribution in [0.1, 0.15) is 24.8 Å². The van der Waals surface area contributed by atoms with Crippen molar-refractivity contribution in [2.24, 2.45) is 12.8 Å². The second-order valence-corrected chi connectivity index (χ2v) is 3.79. The second-order valence-electron chi connectivity index (χ2n) is 3.79. The van der Waals surface area contributed by atoms with Crippen molar-refractivity contribution in [2.75, 3.05) is 6.54 Å². The first-order valence-corrected chi connectivity index (χ1v) is 5.28. The van der Waals surface area contributed by atoms with E-state index < -0.39 is 0 Å². The first-order chi connectivity index (χ1) is 7.18. The van der Waals surface area contributed by atoms with Gasteiger partial charge in [0.05, 0.1) is 0 Å². The highest BCUT2D eigenvalue weighted by molar-refractivity contribution is 5.73. The highest BCUT2D eigenvalue weighted by Crippen LogP contribution is 1.99. The third-order valence-corrected chi connectivity index (χ3v) is 2.25. The summed E-state index contributed by atoms with van der Waals surface area (Å²) in [6, 6.07) is 2.09. The molecular weight excluding hydrogens is 190 g/mol. The summed E-state index contributed by atoms with van der Waals surface area (Å²) < 4.78 is 2.03. The van der Waals surface area contributed by atoms with Crippen molar-refractivity contribution in [1.82, 2.24) is 9.88 Å². The van der Waals surface area contributed by atoms with Crippen LogP contribution in [0.5, 0.6) is 0 Å². The molecule has 1 aromatic rings. The van der Waals surface area contributed by atoms with Gasteiger partial charge in [-0.1, -0.05) is 0 Å². The topological polar surface area (TPSA) is 60.1 Å². The molecule has 4 heteroatoms. The van der Waals surface area contributed by atoms with Gasteiger partial charge in [0.2, 0.25) is 5.91 Å². The standard InChI is InChI=1S/C11H19N3O/c1-14-7-5-10(9-14)8-13-6-3-2-4-11(12)15/h5,7,9,13H,2-4,6,8H2,1H3,(H2,12,15).